The third-order valence-corrected chi connectivity index (χ3v) is 4.11. The summed E-state index contributed by atoms with van der Waals surface area (Å²) in [4.78, 5) is 0. The van der Waals surface area contributed by atoms with Crippen molar-refractivity contribution in [3.05, 3.63) is 33.8 Å². The maximum absolute atomic E-state index is 9.93. The second-order valence-corrected chi connectivity index (χ2v) is 5.33. The lowest BCUT2D eigenvalue weighted by Crippen LogP contribution is -2.26. The van der Waals surface area contributed by atoms with Gasteiger partial charge in [0.25, 0.3) is 0 Å². The monoisotopic (exact) mass is 258 g/mol. The van der Waals surface area contributed by atoms with Gasteiger partial charge in [-0.3, -0.25) is 0 Å². The SMILES string of the molecule is OC1CCCCC1Cc1c(Cl)cccc1Cl. The number of hydrogen-bond donors (Lipinski definition) is 1. The van der Waals surface area contributed by atoms with Crippen LogP contribution in [-0.4, -0.2) is 11.2 Å². The highest BCUT2D eigenvalue weighted by Gasteiger charge is 2.24. The minimum absolute atomic E-state index is 0.193. The van der Waals surface area contributed by atoms with Crippen molar-refractivity contribution in [3.63, 3.8) is 0 Å². The molecule has 1 nitrogen and oxygen atoms in total. The van der Waals surface area contributed by atoms with E-state index in [1.54, 1.807) is 0 Å². The summed E-state index contributed by atoms with van der Waals surface area (Å²) in [6.07, 6.45) is 4.91. The molecule has 1 N–H and O–H groups in total. The normalized spacial score (nSPS) is 25.7. The highest BCUT2D eigenvalue weighted by Crippen LogP contribution is 2.32. The van der Waals surface area contributed by atoms with Crippen LogP contribution in [0, 0.1) is 5.92 Å². The molecule has 0 spiro atoms. The van der Waals surface area contributed by atoms with Gasteiger partial charge in [0, 0.05) is 10.0 Å². The quantitative estimate of drug-likeness (QED) is 0.848. The fraction of sp³-hybridized carbons (Fsp3) is 0.538. The van der Waals surface area contributed by atoms with Crippen molar-refractivity contribution in [3.8, 4) is 0 Å². The Morgan fingerprint density at radius 1 is 1.12 bits per heavy atom. The molecule has 0 bridgehead atoms. The fourth-order valence-electron chi connectivity index (χ4n) is 2.42. The molecule has 1 aromatic carbocycles. The van der Waals surface area contributed by atoms with Crippen molar-refractivity contribution < 1.29 is 5.11 Å². The number of hydrogen-bond acceptors (Lipinski definition) is 1. The second kappa shape index (κ2) is 5.39. The van der Waals surface area contributed by atoms with Gasteiger partial charge in [0.1, 0.15) is 0 Å². The highest BCUT2D eigenvalue weighted by atomic mass is 35.5. The Balaban J connectivity index is 2.13. The summed E-state index contributed by atoms with van der Waals surface area (Å²) in [5.74, 6) is 0.311. The van der Waals surface area contributed by atoms with E-state index in [2.05, 4.69) is 0 Å². The molecular formula is C13H16Cl2O. The molecule has 1 aliphatic carbocycles. The van der Waals surface area contributed by atoms with Gasteiger partial charge >= 0.3 is 0 Å². The van der Waals surface area contributed by atoms with Crippen molar-refractivity contribution in [2.75, 3.05) is 0 Å². The van der Waals surface area contributed by atoms with Crippen LogP contribution in [0.25, 0.3) is 0 Å². The number of benzene rings is 1. The average molecular weight is 259 g/mol. The van der Waals surface area contributed by atoms with Gasteiger partial charge in [0.05, 0.1) is 6.10 Å². The molecular weight excluding hydrogens is 243 g/mol. The highest BCUT2D eigenvalue weighted by molar-refractivity contribution is 6.35. The van der Waals surface area contributed by atoms with Gasteiger partial charge in [-0.15, -0.1) is 0 Å². The molecule has 1 aliphatic rings. The van der Waals surface area contributed by atoms with E-state index < -0.39 is 0 Å². The summed E-state index contributed by atoms with van der Waals surface area (Å²) < 4.78 is 0. The van der Waals surface area contributed by atoms with Crippen LogP contribution in [0.5, 0.6) is 0 Å². The largest absolute Gasteiger partial charge is 0.393 e. The van der Waals surface area contributed by atoms with E-state index in [0.717, 1.165) is 31.2 Å². The molecule has 1 fully saturated rings. The van der Waals surface area contributed by atoms with Crippen LogP contribution in [0.15, 0.2) is 18.2 Å². The lowest BCUT2D eigenvalue weighted by Gasteiger charge is -2.28. The first kappa shape index (κ1) is 12.2. The Kier molecular flexibility index (Phi) is 4.12. The number of aliphatic hydroxyl groups is 1. The lowest BCUT2D eigenvalue weighted by atomic mass is 9.82. The van der Waals surface area contributed by atoms with E-state index in [4.69, 9.17) is 23.2 Å². The standard InChI is InChI=1S/C13H16Cl2O/c14-11-5-3-6-12(15)10(11)8-9-4-1-2-7-13(9)16/h3,5-6,9,13,16H,1-2,4,7-8H2. The van der Waals surface area contributed by atoms with Crippen molar-refractivity contribution in [2.45, 2.75) is 38.2 Å². The van der Waals surface area contributed by atoms with E-state index in [0.29, 0.717) is 16.0 Å². The van der Waals surface area contributed by atoms with E-state index in [9.17, 15) is 5.11 Å². The van der Waals surface area contributed by atoms with Crippen molar-refractivity contribution in [1.29, 1.82) is 0 Å². The smallest absolute Gasteiger partial charge is 0.0571 e. The second-order valence-electron chi connectivity index (χ2n) is 4.52. The molecule has 1 saturated carbocycles. The molecule has 88 valence electrons. The van der Waals surface area contributed by atoms with Crippen molar-refractivity contribution >= 4 is 23.2 Å². The van der Waals surface area contributed by atoms with Crippen LogP contribution >= 0.6 is 23.2 Å². The van der Waals surface area contributed by atoms with Crippen molar-refractivity contribution in [1.82, 2.24) is 0 Å². The van der Waals surface area contributed by atoms with E-state index in [1.165, 1.54) is 6.42 Å². The van der Waals surface area contributed by atoms with Crippen LogP contribution in [0.3, 0.4) is 0 Å². The van der Waals surface area contributed by atoms with Crippen LogP contribution in [-0.2, 0) is 6.42 Å². The maximum atomic E-state index is 9.93. The maximum Gasteiger partial charge on any atom is 0.0571 e. The topological polar surface area (TPSA) is 20.2 Å². The first-order valence-electron chi connectivity index (χ1n) is 5.79. The molecule has 0 heterocycles. The molecule has 2 unspecified atom stereocenters. The third-order valence-electron chi connectivity index (χ3n) is 3.40. The zero-order valence-electron chi connectivity index (χ0n) is 9.13. The predicted octanol–water partition coefficient (Wildman–Crippen LogP) is 4.09. The van der Waals surface area contributed by atoms with Crippen LogP contribution in [0.4, 0.5) is 0 Å². The van der Waals surface area contributed by atoms with Crippen LogP contribution < -0.4 is 0 Å². The third kappa shape index (κ3) is 2.71. The van der Waals surface area contributed by atoms with Gasteiger partial charge in [-0.05, 0) is 42.9 Å². The lowest BCUT2D eigenvalue weighted by molar-refractivity contribution is 0.0700. The average Bonchev–Trinajstić information content (AvgIpc) is 2.26. The van der Waals surface area contributed by atoms with Gasteiger partial charge in [-0.1, -0.05) is 42.1 Å². The number of halogens is 2. The number of aliphatic hydroxyl groups excluding tert-OH is 1. The van der Waals surface area contributed by atoms with Crippen LogP contribution in [0.2, 0.25) is 10.0 Å². The summed E-state index contributed by atoms with van der Waals surface area (Å²) in [5, 5.41) is 11.4. The van der Waals surface area contributed by atoms with Gasteiger partial charge in [-0.25, -0.2) is 0 Å². The molecule has 0 amide bonds. The zero-order valence-corrected chi connectivity index (χ0v) is 10.6. The first-order chi connectivity index (χ1) is 7.68. The van der Waals surface area contributed by atoms with Gasteiger partial charge in [-0.2, -0.15) is 0 Å². The van der Waals surface area contributed by atoms with Gasteiger partial charge in [0.15, 0.2) is 0 Å². The van der Waals surface area contributed by atoms with Gasteiger partial charge < -0.3 is 5.11 Å². The molecule has 3 heteroatoms. The summed E-state index contributed by atoms with van der Waals surface area (Å²) in [5.41, 5.74) is 0.983. The molecule has 0 aromatic heterocycles. The Morgan fingerprint density at radius 3 is 2.38 bits per heavy atom. The van der Waals surface area contributed by atoms with Gasteiger partial charge in [0.2, 0.25) is 0 Å². The van der Waals surface area contributed by atoms with E-state index >= 15 is 0 Å². The Bertz CT molecular complexity index is 345. The Labute approximate surface area is 106 Å². The molecule has 0 aliphatic heterocycles. The van der Waals surface area contributed by atoms with E-state index in [1.807, 2.05) is 18.2 Å². The predicted molar refractivity (Wildman–Crippen MR) is 68.1 cm³/mol. The molecule has 0 radical (unpaired) electrons. The molecule has 1 aromatic rings. The minimum Gasteiger partial charge on any atom is -0.393 e. The summed E-state index contributed by atoms with van der Waals surface area (Å²) >= 11 is 12.3. The molecule has 2 rings (SSSR count). The summed E-state index contributed by atoms with van der Waals surface area (Å²) in [6, 6.07) is 5.57. The minimum atomic E-state index is -0.193. The molecule has 0 saturated heterocycles. The molecule has 16 heavy (non-hydrogen) atoms. The van der Waals surface area contributed by atoms with Crippen molar-refractivity contribution in [2.24, 2.45) is 5.92 Å². The Morgan fingerprint density at radius 2 is 1.75 bits per heavy atom. The fourth-order valence-corrected chi connectivity index (χ4v) is 2.97. The summed E-state index contributed by atoms with van der Waals surface area (Å²) in [7, 11) is 0. The Hall–Kier alpha value is -0.240. The molecule has 2 atom stereocenters. The van der Waals surface area contributed by atoms with E-state index in [-0.39, 0.29) is 6.10 Å². The first-order valence-corrected chi connectivity index (χ1v) is 6.55. The van der Waals surface area contributed by atoms with Crippen LogP contribution in [0.1, 0.15) is 31.2 Å². The summed E-state index contributed by atoms with van der Waals surface area (Å²) in [6.45, 7) is 0. The number of rotatable bonds is 2. The zero-order chi connectivity index (χ0) is 11.5.